The first-order valence-electron chi connectivity index (χ1n) is 5.52. The van der Waals surface area contributed by atoms with Gasteiger partial charge in [-0.25, -0.2) is 8.42 Å². The molecular formula is C12H14N2O2S. The molecule has 2 rings (SSSR count). The summed E-state index contributed by atoms with van der Waals surface area (Å²) in [6.07, 6.45) is 1.07. The predicted octanol–water partition coefficient (Wildman–Crippen LogP) is 1.35. The lowest BCUT2D eigenvalue weighted by Gasteiger charge is -2.12. The Kier molecular flexibility index (Phi) is 3.34. The molecule has 1 unspecified atom stereocenters. The Hall–Kier alpha value is -1.54. The minimum Gasteiger partial charge on any atom is -0.381 e. The summed E-state index contributed by atoms with van der Waals surface area (Å²) in [6.45, 7) is 0. The molecule has 1 atom stereocenters. The van der Waals surface area contributed by atoms with Crippen LogP contribution in [0.3, 0.4) is 0 Å². The van der Waals surface area contributed by atoms with Crippen molar-refractivity contribution in [1.29, 1.82) is 5.26 Å². The third kappa shape index (κ3) is 3.21. The number of benzene rings is 1. The maximum Gasteiger partial charge on any atom is 0.152 e. The van der Waals surface area contributed by atoms with Gasteiger partial charge >= 0.3 is 0 Å². The third-order valence-corrected chi connectivity index (χ3v) is 4.61. The van der Waals surface area contributed by atoms with Crippen molar-refractivity contribution in [2.24, 2.45) is 0 Å². The standard InChI is InChI=1S/C12H14N2O2S/c13-7-5-10-1-3-11(4-2-10)14-12-6-8-17(15,16)9-12/h1-4,12,14H,5-6,8-9H2. The molecule has 5 heteroatoms. The van der Waals surface area contributed by atoms with Crippen molar-refractivity contribution in [3.05, 3.63) is 29.8 Å². The number of hydrogen-bond acceptors (Lipinski definition) is 4. The summed E-state index contributed by atoms with van der Waals surface area (Å²) in [5.41, 5.74) is 1.88. The molecule has 1 aliphatic heterocycles. The minimum atomic E-state index is -2.84. The van der Waals surface area contributed by atoms with E-state index in [2.05, 4.69) is 11.4 Å². The number of sulfone groups is 1. The number of nitrogens with zero attached hydrogens (tertiary/aromatic N) is 1. The van der Waals surface area contributed by atoms with Crippen LogP contribution in [0.1, 0.15) is 12.0 Å². The molecule has 0 spiro atoms. The van der Waals surface area contributed by atoms with Crippen LogP contribution in [0.5, 0.6) is 0 Å². The van der Waals surface area contributed by atoms with E-state index < -0.39 is 9.84 Å². The number of hydrogen-bond donors (Lipinski definition) is 1. The summed E-state index contributed by atoms with van der Waals surface area (Å²) < 4.78 is 22.6. The monoisotopic (exact) mass is 250 g/mol. The van der Waals surface area contributed by atoms with Gasteiger partial charge in [-0.3, -0.25) is 0 Å². The van der Waals surface area contributed by atoms with Crippen molar-refractivity contribution >= 4 is 15.5 Å². The van der Waals surface area contributed by atoms with E-state index in [0.29, 0.717) is 12.8 Å². The van der Waals surface area contributed by atoms with Crippen LogP contribution >= 0.6 is 0 Å². The Labute approximate surface area is 101 Å². The Morgan fingerprint density at radius 3 is 2.59 bits per heavy atom. The van der Waals surface area contributed by atoms with Crippen molar-refractivity contribution in [2.45, 2.75) is 18.9 Å². The highest BCUT2D eigenvalue weighted by Crippen LogP contribution is 2.18. The summed E-state index contributed by atoms with van der Waals surface area (Å²) in [6, 6.07) is 9.64. The third-order valence-electron chi connectivity index (χ3n) is 2.84. The Bertz CT molecular complexity index is 529. The largest absolute Gasteiger partial charge is 0.381 e. The topological polar surface area (TPSA) is 70.0 Å². The van der Waals surface area contributed by atoms with Gasteiger partial charge in [-0.15, -0.1) is 0 Å². The molecule has 17 heavy (non-hydrogen) atoms. The van der Waals surface area contributed by atoms with Crippen LogP contribution in [0.15, 0.2) is 24.3 Å². The molecule has 0 bridgehead atoms. The van der Waals surface area contributed by atoms with E-state index in [9.17, 15) is 8.42 Å². The van der Waals surface area contributed by atoms with E-state index in [4.69, 9.17) is 5.26 Å². The quantitative estimate of drug-likeness (QED) is 0.879. The highest BCUT2D eigenvalue weighted by atomic mass is 32.2. The lowest BCUT2D eigenvalue weighted by atomic mass is 10.1. The average molecular weight is 250 g/mol. The highest BCUT2D eigenvalue weighted by Gasteiger charge is 2.27. The molecule has 90 valence electrons. The molecule has 4 nitrogen and oxygen atoms in total. The van der Waals surface area contributed by atoms with Gasteiger partial charge in [-0.2, -0.15) is 5.26 Å². The Balaban J connectivity index is 1.98. The van der Waals surface area contributed by atoms with Crippen LogP contribution in [0, 0.1) is 11.3 Å². The molecule has 1 saturated heterocycles. The molecule has 1 aromatic rings. The number of nitrogens with one attached hydrogen (secondary N) is 1. The zero-order chi connectivity index (χ0) is 12.3. The molecule has 1 aliphatic rings. The average Bonchev–Trinajstić information content (AvgIpc) is 2.61. The van der Waals surface area contributed by atoms with Gasteiger partial charge in [-0.05, 0) is 24.1 Å². The molecule has 1 heterocycles. The van der Waals surface area contributed by atoms with Crippen LogP contribution < -0.4 is 5.32 Å². The minimum absolute atomic E-state index is 0.0156. The van der Waals surface area contributed by atoms with Crippen LogP contribution in [0.4, 0.5) is 5.69 Å². The van der Waals surface area contributed by atoms with Crippen LogP contribution in [-0.4, -0.2) is 26.0 Å². The van der Waals surface area contributed by atoms with Gasteiger partial charge in [0.2, 0.25) is 0 Å². The molecule has 0 saturated carbocycles. The molecule has 0 aromatic heterocycles. The van der Waals surface area contributed by atoms with Gasteiger partial charge in [0.15, 0.2) is 9.84 Å². The van der Waals surface area contributed by atoms with Crippen LogP contribution in [0.2, 0.25) is 0 Å². The lowest BCUT2D eigenvalue weighted by molar-refractivity contribution is 0.602. The van der Waals surface area contributed by atoms with Crippen LogP contribution in [-0.2, 0) is 16.3 Å². The summed E-state index contributed by atoms with van der Waals surface area (Å²) >= 11 is 0. The zero-order valence-electron chi connectivity index (χ0n) is 9.39. The van der Waals surface area contributed by atoms with Crippen molar-refractivity contribution in [2.75, 3.05) is 16.8 Å². The number of rotatable bonds is 3. The van der Waals surface area contributed by atoms with E-state index >= 15 is 0 Å². The lowest BCUT2D eigenvalue weighted by Crippen LogP contribution is -2.20. The summed E-state index contributed by atoms with van der Waals surface area (Å²) in [4.78, 5) is 0. The maximum absolute atomic E-state index is 11.3. The maximum atomic E-state index is 11.3. The van der Waals surface area contributed by atoms with Gasteiger partial charge in [0.25, 0.3) is 0 Å². The fraction of sp³-hybridized carbons (Fsp3) is 0.417. The SMILES string of the molecule is N#CCc1ccc(NC2CCS(=O)(=O)C2)cc1. The molecule has 0 amide bonds. The van der Waals surface area contributed by atoms with E-state index in [1.54, 1.807) is 0 Å². The van der Waals surface area contributed by atoms with Gasteiger partial charge in [-0.1, -0.05) is 12.1 Å². The molecule has 1 aromatic carbocycles. The van der Waals surface area contributed by atoms with Crippen molar-refractivity contribution in [3.63, 3.8) is 0 Å². The van der Waals surface area contributed by atoms with Crippen molar-refractivity contribution < 1.29 is 8.42 Å². The Morgan fingerprint density at radius 1 is 1.35 bits per heavy atom. The zero-order valence-corrected chi connectivity index (χ0v) is 10.2. The fourth-order valence-electron chi connectivity index (χ4n) is 1.95. The first kappa shape index (κ1) is 11.9. The van der Waals surface area contributed by atoms with E-state index in [-0.39, 0.29) is 17.5 Å². The molecule has 1 fully saturated rings. The van der Waals surface area contributed by atoms with Crippen LogP contribution in [0.25, 0.3) is 0 Å². The first-order chi connectivity index (χ1) is 8.09. The second kappa shape index (κ2) is 4.76. The second-order valence-corrected chi connectivity index (χ2v) is 6.50. The van der Waals surface area contributed by atoms with E-state index in [1.165, 1.54) is 0 Å². The van der Waals surface area contributed by atoms with Crippen molar-refractivity contribution in [3.8, 4) is 6.07 Å². The number of anilines is 1. The molecule has 0 radical (unpaired) electrons. The normalized spacial score (nSPS) is 21.9. The molecule has 1 N–H and O–H groups in total. The number of nitriles is 1. The van der Waals surface area contributed by atoms with Gasteiger partial charge in [0, 0.05) is 11.7 Å². The fourth-order valence-corrected chi connectivity index (χ4v) is 3.63. The molecule has 0 aliphatic carbocycles. The summed E-state index contributed by atoms with van der Waals surface area (Å²) in [7, 11) is -2.84. The summed E-state index contributed by atoms with van der Waals surface area (Å²) in [5.74, 6) is 0.490. The smallest absolute Gasteiger partial charge is 0.152 e. The van der Waals surface area contributed by atoms with Gasteiger partial charge in [0.1, 0.15) is 0 Å². The highest BCUT2D eigenvalue weighted by molar-refractivity contribution is 7.91. The molecular weight excluding hydrogens is 236 g/mol. The predicted molar refractivity (Wildman–Crippen MR) is 66.4 cm³/mol. The Morgan fingerprint density at radius 2 is 2.06 bits per heavy atom. The summed E-state index contributed by atoms with van der Waals surface area (Å²) in [5, 5.41) is 11.7. The van der Waals surface area contributed by atoms with Gasteiger partial charge in [0.05, 0.1) is 24.0 Å². The second-order valence-electron chi connectivity index (χ2n) is 4.28. The van der Waals surface area contributed by atoms with Crippen molar-refractivity contribution in [1.82, 2.24) is 0 Å². The first-order valence-corrected chi connectivity index (χ1v) is 7.34. The van der Waals surface area contributed by atoms with E-state index in [1.807, 2.05) is 24.3 Å². The van der Waals surface area contributed by atoms with Gasteiger partial charge < -0.3 is 5.32 Å². The van der Waals surface area contributed by atoms with E-state index in [0.717, 1.165) is 11.3 Å².